The monoisotopic (exact) mass is 387 g/mol. The number of nitrogens with one attached hydrogen (secondary N) is 1. The summed E-state index contributed by atoms with van der Waals surface area (Å²) >= 11 is 0. The van der Waals surface area contributed by atoms with E-state index in [1.165, 1.54) is 15.9 Å². The normalized spacial score (nSPS) is 16.2. The average molecular weight is 388 g/mol. The second-order valence-electron chi connectivity index (χ2n) is 6.55. The van der Waals surface area contributed by atoms with Crippen LogP contribution in [0.3, 0.4) is 0 Å². The van der Waals surface area contributed by atoms with Crippen LogP contribution in [0.1, 0.15) is 22.8 Å². The highest BCUT2D eigenvalue weighted by molar-refractivity contribution is 7.89. The molecule has 1 heterocycles. The lowest BCUT2D eigenvalue weighted by Crippen LogP contribution is -2.48. The van der Waals surface area contributed by atoms with E-state index in [0.29, 0.717) is 38.3 Å². The zero-order valence-corrected chi connectivity index (χ0v) is 16.3. The van der Waals surface area contributed by atoms with Crippen molar-refractivity contribution in [3.8, 4) is 0 Å². The molecule has 1 aliphatic heterocycles. The molecule has 0 bridgehead atoms. The summed E-state index contributed by atoms with van der Waals surface area (Å²) in [5.74, 6) is -0.262. The minimum atomic E-state index is -3.60. The maximum absolute atomic E-state index is 13.0. The van der Waals surface area contributed by atoms with Crippen LogP contribution in [0.25, 0.3) is 0 Å². The first-order chi connectivity index (χ1) is 13.0. The highest BCUT2D eigenvalue weighted by Gasteiger charge is 2.28. The Morgan fingerprint density at radius 3 is 2.37 bits per heavy atom. The standard InChI is InChI=1S/C20H25N3O3S/c1-2-21-20(24)18-9-6-10-19(15-18)27(25,26)23-13-11-22(12-14-23)16-17-7-4-3-5-8-17/h3-10,15H,2,11-14,16H2,1H3,(H,21,24). The van der Waals surface area contributed by atoms with Gasteiger partial charge in [-0.25, -0.2) is 8.42 Å². The Kier molecular flexibility index (Phi) is 6.26. The van der Waals surface area contributed by atoms with Crippen LogP contribution in [0.15, 0.2) is 59.5 Å². The molecule has 0 spiro atoms. The Hall–Kier alpha value is -2.22. The molecule has 27 heavy (non-hydrogen) atoms. The minimum absolute atomic E-state index is 0.169. The van der Waals surface area contributed by atoms with Gasteiger partial charge in [-0.2, -0.15) is 4.31 Å². The van der Waals surface area contributed by atoms with Gasteiger partial charge in [-0.1, -0.05) is 36.4 Å². The van der Waals surface area contributed by atoms with Crippen LogP contribution in [0.5, 0.6) is 0 Å². The molecule has 0 saturated carbocycles. The van der Waals surface area contributed by atoms with Crippen LogP contribution < -0.4 is 5.32 Å². The Morgan fingerprint density at radius 2 is 1.70 bits per heavy atom. The number of amides is 1. The van der Waals surface area contributed by atoms with Gasteiger partial charge in [0.05, 0.1) is 4.90 Å². The second-order valence-corrected chi connectivity index (χ2v) is 8.49. The highest BCUT2D eigenvalue weighted by Crippen LogP contribution is 2.19. The molecule has 1 aliphatic rings. The van der Waals surface area contributed by atoms with E-state index in [4.69, 9.17) is 0 Å². The van der Waals surface area contributed by atoms with Crippen molar-refractivity contribution in [3.05, 3.63) is 65.7 Å². The SMILES string of the molecule is CCNC(=O)c1cccc(S(=O)(=O)N2CCN(Cc3ccccc3)CC2)c1. The quantitative estimate of drug-likeness (QED) is 0.822. The molecule has 0 atom stereocenters. The molecule has 1 fully saturated rings. The van der Waals surface area contributed by atoms with Crippen molar-refractivity contribution >= 4 is 15.9 Å². The maximum atomic E-state index is 13.0. The van der Waals surface area contributed by atoms with Gasteiger partial charge >= 0.3 is 0 Å². The van der Waals surface area contributed by atoms with E-state index in [0.717, 1.165) is 6.54 Å². The topological polar surface area (TPSA) is 69.7 Å². The van der Waals surface area contributed by atoms with E-state index in [9.17, 15) is 13.2 Å². The van der Waals surface area contributed by atoms with E-state index < -0.39 is 10.0 Å². The van der Waals surface area contributed by atoms with Crippen molar-refractivity contribution in [2.24, 2.45) is 0 Å². The van der Waals surface area contributed by atoms with Crippen LogP contribution in [-0.2, 0) is 16.6 Å². The molecule has 7 heteroatoms. The number of rotatable bonds is 6. The summed E-state index contributed by atoms with van der Waals surface area (Å²) in [7, 11) is -3.60. The van der Waals surface area contributed by atoms with Gasteiger partial charge in [-0.05, 0) is 30.7 Å². The fourth-order valence-corrected chi connectivity index (χ4v) is 4.65. The summed E-state index contributed by atoms with van der Waals surface area (Å²) in [6.07, 6.45) is 0. The molecular weight excluding hydrogens is 362 g/mol. The van der Waals surface area contributed by atoms with Crippen LogP contribution in [0, 0.1) is 0 Å². The largest absolute Gasteiger partial charge is 0.352 e. The first-order valence-electron chi connectivity index (χ1n) is 9.15. The molecule has 144 valence electrons. The Balaban J connectivity index is 1.66. The Bertz CT molecular complexity index is 876. The second kappa shape index (κ2) is 8.65. The number of hydrogen-bond donors (Lipinski definition) is 1. The molecule has 0 aromatic heterocycles. The number of nitrogens with zero attached hydrogens (tertiary/aromatic N) is 2. The van der Waals surface area contributed by atoms with Crippen molar-refractivity contribution in [1.29, 1.82) is 0 Å². The van der Waals surface area contributed by atoms with E-state index >= 15 is 0 Å². The van der Waals surface area contributed by atoms with Gasteiger partial charge in [0.2, 0.25) is 10.0 Å². The van der Waals surface area contributed by atoms with Crippen molar-refractivity contribution in [1.82, 2.24) is 14.5 Å². The lowest BCUT2D eigenvalue weighted by Gasteiger charge is -2.34. The number of carbonyl (C=O) groups is 1. The molecule has 1 saturated heterocycles. The molecule has 1 amide bonds. The van der Waals surface area contributed by atoms with Gasteiger partial charge in [-0.3, -0.25) is 9.69 Å². The van der Waals surface area contributed by atoms with Gasteiger partial charge in [0.15, 0.2) is 0 Å². The van der Waals surface area contributed by atoms with Crippen molar-refractivity contribution in [2.45, 2.75) is 18.4 Å². The number of sulfonamides is 1. The van der Waals surface area contributed by atoms with Crippen LogP contribution >= 0.6 is 0 Å². The third kappa shape index (κ3) is 4.74. The summed E-state index contributed by atoms with van der Waals surface area (Å²) < 4.78 is 27.4. The molecule has 2 aromatic carbocycles. The van der Waals surface area contributed by atoms with Gasteiger partial charge in [0.25, 0.3) is 5.91 Å². The molecule has 0 radical (unpaired) electrons. The number of piperazine rings is 1. The fraction of sp³-hybridized carbons (Fsp3) is 0.350. The van der Waals surface area contributed by atoms with E-state index in [-0.39, 0.29) is 10.8 Å². The Morgan fingerprint density at radius 1 is 1.00 bits per heavy atom. The summed E-state index contributed by atoms with van der Waals surface area (Å²) in [6, 6.07) is 16.4. The summed E-state index contributed by atoms with van der Waals surface area (Å²) in [5.41, 5.74) is 1.59. The van der Waals surface area contributed by atoms with Crippen LogP contribution in [0.2, 0.25) is 0 Å². The van der Waals surface area contributed by atoms with E-state index in [1.807, 2.05) is 25.1 Å². The first kappa shape index (κ1) is 19.5. The molecule has 1 N–H and O–H groups in total. The highest BCUT2D eigenvalue weighted by atomic mass is 32.2. The predicted octanol–water partition coefficient (Wildman–Crippen LogP) is 1.94. The van der Waals surface area contributed by atoms with Gasteiger partial charge in [0.1, 0.15) is 0 Å². The van der Waals surface area contributed by atoms with Crippen LogP contribution in [-0.4, -0.2) is 56.3 Å². The summed E-state index contributed by atoms with van der Waals surface area (Å²) in [4.78, 5) is 14.4. The number of carbonyl (C=O) groups excluding carboxylic acids is 1. The average Bonchev–Trinajstić information content (AvgIpc) is 2.69. The third-order valence-electron chi connectivity index (χ3n) is 4.65. The molecule has 2 aromatic rings. The number of hydrogen-bond acceptors (Lipinski definition) is 4. The van der Waals surface area contributed by atoms with Crippen molar-refractivity contribution in [3.63, 3.8) is 0 Å². The van der Waals surface area contributed by atoms with Crippen LogP contribution in [0.4, 0.5) is 0 Å². The molecule has 6 nitrogen and oxygen atoms in total. The fourth-order valence-electron chi connectivity index (χ4n) is 3.18. The zero-order valence-electron chi connectivity index (χ0n) is 15.5. The van der Waals surface area contributed by atoms with Crippen molar-refractivity contribution in [2.75, 3.05) is 32.7 Å². The maximum Gasteiger partial charge on any atom is 0.251 e. The number of benzene rings is 2. The first-order valence-corrected chi connectivity index (χ1v) is 10.6. The molecular formula is C20H25N3O3S. The van der Waals surface area contributed by atoms with Crippen molar-refractivity contribution < 1.29 is 13.2 Å². The minimum Gasteiger partial charge on any atom is -0.352 e. The Labute approximate surface area is 160 Å². The van der Waals surface area contributed by atoms with Gasteiger partial charge < -0.3 is 5.32 Å². The van der Waals surface area contributed by atoms with Gasteiger partial charge in [0, 0.05) is 44.8 Å². The van der Waals surface area contributed by atoms with E-state index in [1.54, 1.807) is 18.2 Å². The van der Waals surface area contributed by atoms with Gasteiger partial charge in [-0.15, -0.1) is 0 Å². The molecule has 0 unspecified atom stereocenters. The zero-order chi connectivity index (χ0) is 19.3. The third-order valence-corrected chi connectivity index (χ3v) is 6.55. The lowest BCUT2D eigenvalue weighted by atomic mass is 10.2. The molecule has 3 rings (SSSR count). The van der Waals surface area contributed by atoms with E-state index in [2.05, 4.69) is 22.3 Å². The summed E-state index contributed by atoms with van der Waals surface area (Å²) in [5, 5.41) is 2.69. The predicted molar refractivity (Wildman–Crippen MR) is 105 cm³/mol. The summed E-state index contributed by atoms with van der Waals surface area (Å²) in [6.45, 7) is 5.41. The molecule has 0 aliphatic carbocycles. The smallest absolute Gasteiger partial charge is 0.251 e. The lowest BCUT2D eigenvalue weighted by molar-refractivity contribution is 0.0955.